The van der Waals surface area contributed by atoms with Crippen molar-refractivity contribution in [2.75, 3.05) is 12.8 Å². The van der Waals surface area contributed by atoms with Crippen LogP contribution >= 0.6 is 11.3 Å². The van der Waals surface area contributed by atoms with Crippen LogP contribution in [0.5, 0.6) is 0 Å². The maximum atomic E-state index is 11.6. The molecule has 0 radical (unpaired) electrons. The lowest BCUT2D eigenvalue weighted by molar-refractivity contribution is -0.120. The molecule has 0 saturated carbocycles. The number of aromatic nitrogens is 4. The third kappa shape index (κ3) is 5.60. The Balaban J connectivity index is 1.74. The van der Waals surface area contributed by atoms with Gasteiger partial charge in [0.2, 0.25) is 5.91 Å². The molecular weight excluding hydrogens is 314 g/mol. The summed E-state index contributed by atoms with van der Waals surface area (Å²) >= 11 is 1.45. The Labute approximate surface area is 126 Å². The van der Waals surface area contributed by atoms with Gasteiger partial charge in [-0.15, -0.1) is 16.4 Å². The van der Waals surface area contributed by atoms with Crippen molar-refractivity contribution in [3.05, 3.63) is 28.5 Å². The molecule has 2 aromatic heterocycles. The van der Waals surface area contributed by atoms with E-state index in [1.54, 1.807) is 11.7 Å². The van der Waals surface area contributed by atoms with Gasteiger partial charge in [-0.1, -0.05) is 5.21 Å². The topological polar surface area (TPSA) is 107 Å². The largest absolute Gasteiger partial charge is 0.354 e. The molecule has 0 spiro atoms. The first-order chi connectivity index (χ1) is 9.92. The van der Waals surface area contributed by atoms with Gasteiger partial charge in [0.05, 0.1) is 35.6 Å². The van der Waals surface area contributed by atoms with E-state index in [9.17, 15) is 13.2 Å². The van der Waals surface area contributed by atoms with Crippen molar-refractivity contribution in [1.29, 1.82) is 0 Å². The summed E-state index contributed by atoms with van der Waals surface area (Å²) in [6.45, 7) is 0.824. The minimum Gasteiger partial charge on any atom is -0.354 e. The van der Waals surface area contributed by atoms with Crippen molar-refractivity contribution in [1.82, 2.24) is 25.3 Å². The number of nitrogens with zero attached hydrogens (tertiary/aromatic N) is 4. The predicted octanol–water partition coefficient (Wildman–Crippen LogP) is -0.362. The van der Waals surface area contributed by atoms with Crippen molar-refractivity contribution >= 4 is 27.1 Å². The van der Waals surface area contributed by atoms with E-state index < -0.39 is 9.84 Å². The van der Waals surface area contributed by atoms with Crippen molar-refractivity contribution in [2.24, 2.45) is 0 Å². The Kier molecular flexibility index (Phi) is 5.02. The van der Waals surface area contributed by atoms with Crippen LogP contribution in [0.3, 0.4) is 0 Å². The monoisotopic (exact) mass is 329 g/mol. The fraction of sp³-hybridized carbons (Fsp3) is 0.455. The summed E-state index contributed by atoms with van der Waals surface area (Å²) in [6, 6.07) is 0. The average molecular weight is 329 g/mol. The van der Waals surface area contributed by atoms with Gasteiger partial charge in [0.1, 0.15) is 0 Å². The number of hydrogen-bond donors (Lipinski definition) is 1. The lowest BCUT2D eigenvalue weighted by Crippen LogP contribution is -2.28. The molecule has 10 heteroatoms. The maximum Gasteiger partial charge on any atom is 0.226 e. The fourth-order valence-corrected chi connectivity index (χ4v) is 2.87. The highest BCUT2D eigenvalue weighted by molar-refractivity contribution is 7.89. The molecule has 1 amide bonds. The lowest BCUT2D eigenvalue weighted by atomic mass is 10.3. The van der Waals surface area contributed by atoms with E-state index >= 15 is 0 Å². The van der Waals surface area contributed by atoms with Crippen LogP contribution in [-0.4, -0.2) is 47.1 Å². The molecule has 2 aromatic rings. The molecule has 2 rings (SSSR count). The number of hydrogen-bond acceptors (Lipinski definition) is 7. The summed E-state index contributed by atoms with van der Waals surface area (Å²) in [7, 11) is -3.12. The number of sulfone groups is 1. The van der Waals surface area contributed by atoms with Gasteiger partial charge < -0.3 is 5.32 Å². The number of carbonyl (C=O) groups is 1. The smallest absolute Gasteiger partial charge is 0.226 e. The zero-order chi connectivity index (χ0) is 15.3. The standard InChI is InChI=1S/C11H15N5O3S2/c1-21(18,19)7-10-5-16(15-14-10)3-2-12-11(17)4-9-6-20-8-13-9/h5-6,8H,2-4,7H2,1H3,(H,12,17). The zero-order valence-corrected chi connectivity index (χ0v) is 13.0. The van der Waals surface area contributed by atoms with Crippen molar-refractivity contribution in [3.63, 3.8) is 0 Å². The summed E-state index contributed by atoms with van der Waals surface area (Å²) in [5, 5.41) is 12.2. The van der Waals surface area contributed by atoms with E-state index in [1.165, 1.54) is 16.0 Å². The first kappa shape index (κ1) is 15.6. The molecule has 0 atom stereocenters. The molecule has 0 aliphatic heterocycles. The van der Waals surface area contributed by atoms with E-state index in [-0.39, 0.29) is 18.1 Å². The van der Waals surface area contributed by atoms with Gasteiger partial charge in [-0.2, -0.15) is 0 Å². The Morgan fingerprint density at radius 3 is 2.90 bits per heavy atom. The molecule has 0 fully saturated rings. The van der Waals surface area contributed by atoms with Gasteiger partial charge in [-0.3, -0.25) is 9.48 Å². The summed E-state index contributed by atoms with van der Waals surface area (Å²) in [6.07, 6.45) is 2.96. The van der Waals surface area contributed by atoms with Crippen LogP contribution in [0.2, 0.25) is 0 Å². The highest BCUT2D eigenvalue weighted by atomic mass is 32.2. The van der Waals surface area contributed by atoms with Gasteiger partial charge in [0.15, 0.2) is 9.84 Å². The molecule has 0 bridgehead atoms. The Bertz CT molecular complexity index is 693. The molecule has 8 nitrogen and oxygen atoms in total. The number of nitrogens with one attached hydrogen (secondary N) is 1. The first-order valence-corrected chi connectivity index (χ1v) is 9.13. The Hall–Kier alpha value is -1.81. The van der Waals surface area contributed by atoms with Crippen molar-refractivity contribution < 1.29 is 13.2 Å². The Morgan fingerprint density at radius 1 is 1.43 bits per heavy atom. The lowest BCUT2D eigenvalue weighted by Gasteiger charge is -2.03. The maximum absolute atomic E-state index is 11.6. The first-order valence-electron chi connectivity index (χ1n) is 6.13. The molecule has 0 aliphatic rings. The summed E-state index contributed by atoms with van der Waals surface area (Å²) in [5.74, 6) is -0.249. The fourth-order valence-electron chi connectivity index (χ4n) is 1.64. The van der Waals surface area contributed by atoms with E-state index in [0.29, 0.717) is 18.8 Å². The van der Waals surface area contributed by atoms with Crippen LogP contribution in [0.15, 0.2) is 17.1 Å². The summed E-state index contributed by atoms with van der Waals surface area (Å²) in [4.78, 5) is 15.7. The molecule has 0 saturated heterocycles. The van der Waals surface area contributed by atoms with Crippen molar-refractivity contribution in [2.45, 2.75) is 18.7 Å². The van der Waals surface area contributed by atoms with Crippen LogP contribution in [-0.2, 0) is 33.4 Å². The SMILES string of the molecule is CS(=O)(=O)Cc1cn(CCNC(=O)Cc2cscn2)nn1. The van der Waals surface area contributed by atoms with Gasteiger partial charge in [-0.05, 0) is 0 Å². The van der Waals surface area contributed by atoms with E-state index in [4.69, 9.17) is 0 Å². The zero-order valence-electron chi connectivity index (χ0n) is 11.4. The molecule has 2 heterocycles. The predicted molar refractivity (Wildman–Crippen MR) is 77.4 cm³/mol. The molecule has 114 valence electrons. The minimum atomic E-state index is -3.12. The van der Waals surface area contributed by atoms with Gasteiger partial charge in [0, 0.05) is 24.4 Å². The van der Waals surface area contributed by atoms with Crippen LogP contribution in [0, 0.1) is 0 Å². The number of amides is 1. The van der Waals surface area contributed by atoms with Crippen LogP contribution < -0.4 is 5.32 Å². The second-order valence-electron chi connectivity index (χ2n) is 4.55. The van der Waals surface area contributed by atoms with E-state index in [1.807, 2.05) is 5.38 Å². The molecule has 0 unspecified atom stereocenters. The average Bonchev–Trinajstić information content (AvgIpc) is 2.99. The molecule has 0 aromatic carbocycles. The summed E-state index contributed by atoms with van der Waals surface area (Å²) < 4.78 is 23.8. The van der Waals surface area contributed by atoms with Crippen molar-refractivity contribution in [3.8, 4) is 0 Å². The highest BCUT2D eigenvalue weighted by Gasteiger charge is 2.09. The van der Waals surface area contributed by atoms with E-state index in [2.05, 4.69) is 20.6 Å². The second kappa shape index (κ2) is 6.76. The number of thiazole rings is 1. The van der Waals surface area contributed by atoms with Gasteiger partial charge >= 0.3 is 0 Å². The quantitative estimate of drug-likeness (QED) is 0.743. The third-order valence-corrected chi connectivity index (χ3v) is 3.94. The summed E-state index contributed by atoms with van der Waals surface area (Å²) in [5.41, 5.74) is 2.82. The van der Waals surface area contributed by atoms with Crippen LogP contribution in [0.1, 0.15) is 11.4 Å². The van der Waals surface area contributed by atoms with Gasteiger partial charge in [0.25, 0.3) is 0 Å². The normalized spacial score (nSPS) is 11.5. The molecule has 0 aliphatic carbocycles. The Morgan fingerprint density at radius 2 is 2.24 bits per heavy atom. The second-order valence-corrected chi connectivity index (χ2v) is 7.41. The third-order valence-electron chi connectivity index (χ3n) is 2.48. The van der Waals surface area contributed by atoms with E-state index in [0.717, 1.165) is 11.9 Å². The van der Waals surface area contributed by atoms with Crippen LogP contribution in [0.25, 0.3) is 0 Å². The number of carbonyl (C=O) groups excluding carboxylic acids is 1. The van der Waals surface area contributed by atoms with Gasteiger partial charge in [-0.25, -0.2) is 13.4 Å². The highest BCUT2D eigenvalue weighted by Crippen LogP contribution is 2.01. The molecule has 1 N–H and O–H groups in total. The number of rotatable bonds is 7. The van der Waals surface area contributed by atoms with Crippen LogP contribution in [0.4, 0.5) is 0 Å². The molecular formula is C11H15N5O3S2. The minimum absolute atomic E-state index is 0.114. The molecule has 21 heavy (non-hydrogen) atoms.